The van der Waals surface area contributed by atoms with Crippen molar-refractivity contribution in [3.8, 4) is 5.75 Å². The van der Waals surface area contributed by atoms with Crippen LogP contribution in [0.1, 0.15) is 22.8 Å². The van der Waals surface area contributed by atoms with Gasteiger partial charge in [0.05, 0.1) is 10.9 Å². The van der Waals surface area contributed by atoms with Gasteiger partial charge in [-0.2, -0.15) is 0 Å². The van der Waals surface area contributed by atoms with Gasteiger partial charge in [-0.1, -0.05) is 28.1 Å². The molecule has 1 N–H and O–H groups in total. The highest BCUT2D eigenvalue weighted by molar-refractivity contribution is 9.10. The number of benzene rings is 2. The van der Waals surface area contributed by atoms with Gasteiger partial charge in [-0.3, -0.25) is 4.79 Å². The molecule has 0 aliphatic carbocycles. The lowest BCUT2D eigenvalue weighted by Crippen LogP contribution is -2.42. The van der Waals surface area contributed by atoms with Crippen molar-refractivity contribution in [2.45, 2.75) is 24.3 Å². The molecule has 0 radical (unpaired) electrons. The van der Waals surface area contributed by atoms with Crippen molar-refractivity contribution in [1.29, 1.82) is 0 Å². The van der Waals surface area contributed by atoms with Crippen molar-refractivity contribution in [3.05, 3.63) is 58.1 Å². The smallest absolute Gasteiger partial charge is 0.240 e. The van der Waals surface area contributed by atoms with Gasteiger partial charge in [-0.15, -0.1) is 0 Å². The number of halogens is 1. The Morgan fingerprint density at radius 2 is 1.92 bits per heavy atom. The summed E-state index contributed by atoms with van der Waals surface area (Å²) >= 11 is 3.41. The SMILES string of the molecule is CC(=O)c1ccc(S(=O)(=O)N[C@H]2COc3ccc(Br)cc3C2)cc1. The van der Waals surface area contributed by atoms with E-state index in [1.54, 1.807) is 0 Å². The molecule has 0 bridgehead atoms. The highest BCUT2D eigenvalue weighted by Gasteiger charge is 2.25. The number of carbonyl (C=O) groups is 1. The second-order valence-electron chi connectivity index (χ2n) is 5.67. The first-order valence-corrected chi connectivity index (χ1v) is 9.67. The molecule has 0 amide bonds. The maximum Gasteiger partial charge on any atom is 0.240 e. The standard InChI is InChI=1S/C17H16BrNO4S/c1-11(20)12-2-5-16(6-3-12)24(21,22)19-15-9-13-8-14(18)4-7-17(13)23-10-15/h2-8,15,19H,9-10H2,1H3/t15-/m1/s1. The van der Waals surface area contributed by atoms with Gasteiger partial charge in [-0.25, -0.2) is 13.1 Å². The summed E-state index contributed by atoms with van der Waals surface area (Å²) in [6, 6.07) is 11.2. The third-order valence-corrected chi connectivity index (χ3v) is 5.85. The first-order valence-electron chi connectivity index (χ1n) is 7.40. The van der Waals surface area contributed by atoms with Gasteiger partial charge in [0.2, 0.25) is 10.0 Å². The van der Waals surface area contributed by atoms with E-state index in [2.05, 4.69) is 20.7 Å². The molecule has 5 nitrogen and oxygen atoms in total. The minimum Gasteiger partial charge on any atom is -0.492 e. The predicted octanol–water partition coefficient (Wildman–Crippen LogP) is 2.93. The van der Waals surface area contributed by atoms with Crippen molar-refractivity contribution in [2.75, 3.05) is 6.61 Å². The van der Waals surface area contributed by atoms with E-state index >= 15 is 0 Å². The largest absolute Gasteiger partial charge is 0.492 e. The van der Waals surface area contributed by atoms with E-state index in [1.165, 1.54) is 31.2 Å². The summed E-state index contributed by atoms with van der Waals surface area (Å²) in [4.78, 5) is 11.4. The van der Waals surface area contributed by atoms with Crippen LogP contribution in [0, 0.1) is 0 Å². The molecule has 7 heteroatoms. The molecular formula is C17H16BrNO4S. The van der Waals surface area contributed by atoms with Crippen LogP contribution in [0.4, 0.5) is 0 Å². The van der Waals surface area contributed by atoms with Crippen LogP contribution in [0.5, 0.6) is 5.75 Å². The maximum atomic E-state index is 12.5. The summed E-state index contributed by atoms with van der Waals surface area (Å²) < 4.78 is 34.2. The summed E-state index contributed by atoms with van der Waals surface area (Å²) in [5.41, 5.74) is 1.43. The Balaban J connectivity index is 1.76. The molecule has 24 heavy (non-hydrogen) atoms. The lowest BCUT2D eigenvalue weighted by molar-refractivity contribution is 0.101. The lowest BCUT2D eigenvalue weighted by Gasteiger charge is -2.26. The first-order chi connectivity index (χ1) is 11.3. The van der Waals surface area contributed by atoms with Crippen molar-refractivity contribution < 1.29 is 17.9 Å². The number of nitrogens with one attached hydrogen (secondary N) is 1. The Labute approximate surface area is 149 Å². The molecular weight excluding hydrogens is 394 g/mol. The number of rotatable bonds is 4. The zero-order valence-corrected chi connectivity index (χ0v) is 15.4. The second kappa shape index (κ2) is 6.66. The van der Waals surface area contributed by atoms with Crippen LogP contribution < -0.4 is 9.46 Å². The average molecular weight is 410 g/mol. The molecule has 0 spiro atoms. The fraction of sp³-hybridized carbons (Fsp3) is 0.235. The molecule has 3 rings (SSSR count). The van der Waals surface area contributed by atoms with Crippen molar-refractivity contribution in [1.82, 2.24) is 4.72 Å². The number of hydrogen-bond acceptors (Lipinski definition) is 4. The molecule has 0 saturated heterocycles. The van der Waals surface area contributed by atoms with Crippen LogP contribution in [0.25, 0.3) is 0 Å². The third-order valence-electron chi connectivity index (χ3n) is 3.82. The molecule has 1 aliphatic rings. The molecule has 1 aliphatic heterocycles. The molecule has 0 aromatic heterocycles. The quantitative estimate of drug-likeness (QED) is 0.787. The minimum atomic E-state index is -3.67. The van der Waals surface area contributed by atoms with E-state index in [-0.39, 0.29) is 23.3 Å². The number of Topliss-reactive ketones (excluding diaryl/α,β-unsaturated/α-hetero) is 1. The molecule has 1 heterocycles. The highest BCUT2D eigenvalue weighted by atomic mass is 79.9. The van der Waals surface area contributed by atoms with Gasteiger partial charge in [-0.05, 0) is 49.2 Å². The number of sulfonamides is 1. The van der Waals surface area contributed by atoms with E-state index in [9.17, 15) is 13.2 Å². The third kappa shape index (κ3) is 3.68. The Hall–Kier alpha value is -1.70. The molecule has 0 fully saturated rings. The van der Waals surface area contributed by atoms with Gasteiger partial charge in [0.25, 0.3) is 0 Å². The normalized spacial score (nSPS) is 17.0. The van der Waals surface area contributed by atoms with Gasteiger partial charge < -0.3 is 4.74 Å². The van der Waals surface area contributed by atoms with Gasteiger partial charge in [0.15, 0.2) is 5.78 Å². The second-order valence-corrected chi connectivity index (χ2v) is 8.30. The van der Waals surface area contributed by atoms with Crippen molar-refractivity contribution in [3.63, 3.8) is 0 Å². The topological polar surface area (TPSA) is 72.5 Å². The van der Waals surface area contributed by atoms with E-state index < -0.39 is 10.0 Å². The Morgan fingerprint density at radius 1 is 1.21 bits per heavy atom. The zero-order chi connectivity index (χ0) is 17.3. The Kier molecular flexibility index (Phi) is 4.76. The Morgan fingerprint density at radius 3 is 2.58 bits per heavy atom. The Bertz CT molecular complexity index is 878. The van der Waals surface area contributed by atoms with E-state index in [0.717, 1.165) is 15.8 Å². The van der Waals surface area contributed by atoms with E-state index in [0.29, 0.717) is 12.0 Å². The van der Waals surface area contributed by atoms with Crippen LogP contribution in [0.3, 0.4) is 0 Å². The number of carbonyl (C=O) groups excluding carboxylic acids is 1. The maximum absolute atomic E-state index is 12.5. The monoisotopic (exact) mass is 409 g/mol. The van der Waals surface area contributed by atoms with Crippen LogP contribution in [-0.4, -0.2) is 26.8 Å². The molecule has 0 unspecified atom stereocenters. The molecule has 126 valence electrons. The fourth-order valence-corrected chi connectivity index (χ4v) is 4.22. The predicted molar refractivity (Wildman–Crippen MR) is 93.9 cm³/mol. The van der Waals surface area contributed by atoms with Gasteiger partial charge in [0.1, 0.15) is 12.4 Å². The van der Waals surface area contributed by atoms with Crippen LogP contribution in [0.2, 0.25) is 0 Å². The summed E-state index contributed by atoms with van der Waals surface area (Å²) in [6.07, 6.45) is 0.555. The number of fused-ring (bicyclic) bond motifs is 1. The summed E-state index contributed by atoms with van der Waals surface area (Å²) in [6.45, 7) is 1.72. The van der Waals surface area contributed by atoms with E-state index in [1.807, 2.05) is 18.2 Å². The molecule has 2 aromatic carbocycles. The van der Waals surface area contributed by atoms with E-state index in [4.69, 9.17) is 4.74 Å². The van der Waals surface area contributed by atoms with Crippen LogP contribution in [0.15, 0.2) is 51.8 Å². The molecule has 1 atom stereocenters. The van der Waals surface area contributed by atoms with Crippen molar-refractivity contribution in [2.24, 2.45) is 0 Å². The molecule has 0 saturated carbocycles. The number of ketones is 1. The summed E-state index contributed by atoms with van der Waals surface area (Å²) in [5, 5.41) is 0. The van der Waals surface area contributed by atoms with Crippen molar-refractivity contribution >= 4 is 31.7 Å². The number of hydrogen-bond donors (Lipinski definition) is 1. The lowest BCUT2D eigenvalue weighted by atomic mass is 10.0. The fourth-order valence-electron chi connectivity index (χ4n) is 2.60. The average Bonchev–Trinajstić information content (AvgIpc) is 2.54. The molecule has 2 aromatic rings. The zero-order valence-electron chi connectivity index (χ0n) is 13.0. The van der Waals surface area contributed by atoms with Gasteiger partial charge in [0, 0.05) is 10.0 Å². The van der Waals surface area contributed by atoms with Crippen LogP contribution >= 0.6 is 15.9 Å². The highest BCUT2D eigenvalue weighted by Crippen LogP contribution is 2.28. The first kappa shape index (κ1) is 17.1. The number of ether oxygens (including phenoxy) is 1. The summed E-state index contributed by atoms with van der Waals surface area (Å²) in [7, 11) is -3.67. The van der Waals surface area contributed by atoms with Gasteiger partial charge >= 0.3 is 0 Å². The van der Waals surface area contributed by atoms with Crippen LogP contribution in [-0.2, 0) is 16.4 Å². The summed E-state index contributed by atoms with van der Waals surface area (Å²) in [5.74, 6) is 0.675. The minimum absolute atomic E-state index is 0.102.